The molecule has 112 valence electrons. The Bertz CT molecular complexity index is 772. The van der Waals surface area contributed by atoms with E-state index in [1.807, 2.05) is 6.92 Å². The summed E-state index contributed by atoms with van der Waals surface area (Å²) in [6, 6.07) is 5.97. The lowest BCUT2D eigenvalue weighted by molar-refractivity contribution is -0.384. The molecule has 10 heteroatoms. The molecule has 1 aromatic carbocycles. The number of nitro benzene ring substituents is 1. The van der Waals surface area contributed by atoms with Crippen LogP contribution in [0.5, 0.6) is 0 Å². The van der Waals surface area contributed by atoms with Crippen molar-refractivity contribution < 1.29 is 9.34 Å². The molecule has 0 fully saturated rings. The van der Waals surface area contributed by atoms with Crippen LogP contribution in [-0.2, 0) is 0 Å². The number of nitro groups is 1. The lowest BCUT2D eigenvalue weighted by Gasteiger charge is -2.02. The number of hydrogen-bond donors (Lipinski definition) is 0. The third-order valence-corrected chi connectivity index (χ3v) is 4.63. The number of hydrogen-bond acceptors (Lipinski definition) is 9. The largest absolute Gasteiger partial charge is 0.419 e. The highest BCUT2D eigenvalue weighted by Crippen LogP contribution is 2.35. The Morgan fingerprint density at radius 1 is 1.27 bits per heavy atom. The Balaban J connectivity index is 1.76. The topological polar surface area (TPSA) is 108 Å². The summed E-state index contributed by atoms with van der Waals surface area (Å²) < 4.78 is 6.45. The molecule has 0 saturated carbocycles. The van der Waals surface area contributed by atoms with Crippen LogP contribution in [0.3, 0.4) is 0 Å². The molecule has 2 heterocycles. The van der Waals surface area contributed by atoms with Crippen molar-refractivity contribution in [1.29, 1.82) is 0 Å². The predicted octanol–water partition coefficient (Wildman–Crippen LogP) is 3.35. The summed E-state index contributed by atoms with van der Waals surface area (Å²) >= 11 is 2.92. The van der Waals surface area contributed by atoms with E-state index < -0.39 is 4.92 Å². The second kappa shape index (κ2) is 6.20. The van der Waals surface area contributed by atoms with Crippen molar-refractivity contribution in [3.8, 4) is 11.5 Å². The van der Waals surface area contributed by atoms with Gasteiger partial charge in [0.25, 0.3) is 5.69 Å². The van der Waals surface area contributed by atoms with E-state index in [4.69, 9.17) is 4.42 Å². The molecule has 0 amide bonds. The molecule has 0 spiro atoms. The molecular weight excluding hydrogens is 326 g/mol. The van der Waals surface area contributed by atoms with Crippen LogP contribution >= 0.6 is 23.1 Å². The van der Waals surface area contributed by atoms with Crippen LogP contribution in [0.1, 0.15) is 18.1 Å². The van der Waals surface area contributed by atoms with Gasteiger partial charge in [0.15, 0.2) is 4.34 Å². The molecule has 2 aromatic heterocycles. The van der Waals surface area contributed by atoms with E-state index in [0.717, 1.165) is 4.34 Å². The molecule has 3 rings (SSSR count). The third-order valence-electron chi connectivity index (χ3n) is 2.73. The molecule has 0 saturated heterocycles. The fourth-order valence-corrected chi connectivity index (χ4v) is 3.31. The SMILES string of the molecule is C[C@@H](Sc1nncs1)c1nnc(-c2ccc([N+](=O)[O-])cc2)o1. The smallest absolute Gasteiger partial charge is 0.269 e. The zero-order chi connectivity index (χ0) is 15.5. The number of nitrogens with zero attached hydrogens (tertiary/aromatic N) is 5. The normalized spacial score (nSPS) is 12.2. The van der Waals surface area contributed by atoms with Crippen molar-refractivity contribution in [2.45, 2.75) is 16.5 Å². The van der Waals surface area contributed by atoms with Gasteiger partial charge in [-0.3, -0.25) is 10.1 Å². The van der Waals surface area contributed by atoms with Crippen LogP contribution in [0.4, 0.5) is 5.69 Å². The first-order valence-corrected chi connectivity index (χ1v) is 7.90. The maximum atomic E-state index is 10.6. The molecule has 0 N–H and O–H groups in total. The fourth-order valence-electron chi connectivity index (χ4n) is 1.66. The van der Waals surface area contributed by atoms with Gasteiger partial charge >= 0.3 is 0 Å². The van der Waals surface area contributed by atoms with Gasteiger partial charge in [-0.2, -0.15) is 0 Å². The van der Waals surface area contributed by atoms with Gasteiger partial charge in [0.2, 0.25) is 11.8 Å². The molecule has 3 aromatic rings. The fraction of sp³-hybridized carbons (Fsp3) is 0.167. The zero-order valence-electron chi connectivity index (χ0n) is 11.2. The number of benzene rings is 1. The lowest BCUT2D eigenvalue weighted by Crippen LogP contribution is -1.88. The van der Waals surface area contributed by atoms with Crippen molar-refractivity contribution in [2.24, 2.45) is 0 Å². The molecule has 0 unspecified atom stereocenters. The van der Waals surface area contributed by atoms with Gasteiger partial charge in [-0.05, 0) is 19.1 Å². The van der Waals surface area contributed by atoms with Gasteiger partial charge in [-0.15, -0.1) is 20.4 Å². The summed E-state index contributed by atoms with van der Waals surface area (Å²) in [5.41, 5.74) is 2.31. The number of non-ortho nitro benzene ring substituents is 1. The number of rotatable bonds is 5. The molecule has 1 atom stereocenters. The maximum absolute atomic E-state index is 10.6. The minimum atomic E-state index is -0.455. The van der Waals surface area contributed by atoms with Crippen molar-refractivity contribution in [2.75, 3.05) is 0 Å². The van der Waals surface area contributed by atoms with E-state index >= 15 is 0 Å². The minimum absolute atomic E-state index is 0.0173. The van der Waals surface area contributed by atoms with Crippen LogP contribution in [-0.4, -0.2) is 25.3 Å². The number of aromatic nitrogens is 4. The molecule has 0 bridgehead atoms. The van der Waals surface area contributed by atoms with Crippen LogP contribution in [0.15, 0.2) is 38.5 Å². The van der Waals surface area contributed by atoms with Crippen molar-refractivity contribution in [1.82, 2.24) is 20.4 Å². The average Bonchev–Trinajstić information content (AvgIpc) is 3.18. The average molecular weight is 335 g/mol. The Kier molecular flexibility index (Phi) is 4.11. The van der Waals surface area contributed by atoms with E-state index in [1.54, 1.807) is 17.6 Å². The Hall–Kier alpha value is -2.33. The Labute approximate surface area is 132 Å². The van der Waals surface area contributed by atoms with Crippen molar-refractivity contribution in [3.05, 3.63) is 45.8 Å². The summed E-state index contributed by atoms with van der Waals surface area (Å²) in [5, 5.41) is 26.3. The monoisotopic (exact) mass is 335 g/mol. The quantitative estimate of drug-likeness (QED) is 0.397. The van der Waals surface area contributed by atoms with E-state index in [-0.39, 0.29) is 10.9 Å². The standard InChI is InChI=1S/C12H9N5O3S2/c1-7(22-12-16-13-6-21-12)10-14-15-11(20-10)8-2-4-9(5-3-8)17(18)19/h2-7H,1H3/t7-/m1/s1. The molecule has 0 aliphatic rings. The molecule has 0 aliphatic carbocycles. The molecule has 0 radical (unpaired) electrons. The summed E-state index contributed by atoms with van der Waals surface area (Å²) in [6.07, 6.45) is 0. The van der Waals surface area contributed by atoms with Crippen LogP contribution in [0.25, 0.3) is 11.5 Å². The van der Waals surface area contributed by atoms with Gasteiger partial charge in [0.1, 0.15) is 5.51 Å². The first-order chi connectivity index (χ1) is 10.6. The van der Waals surface area contributed by atoms with Gasteiger partial charge < -0.3 is 4.42 Å². The maximum Gasteiger partial charge on any atom is 0.269 e. The summed E-state index contributed by atoms with van der Waals surface area (Å²) in [6.45, 7) is 1.93. The number of thioether (sulfide) groups is 1. The lowest BCUT2D eigenvalue weighted by atomic mass is 10.2. The van der Waals surface area contributed by atoms with Crippen molar-refractivity contribution in [3.63, 3.8) is 0 Å². The van der Waals surface area contributed by atoms with E-state index in [0.29, 0.717) is 17.3 Å². The highest BCUT2D eigenvalue weighted by Gasteiger charge is 2.18. The molecule has 8 nitrogen and oxygen atoms in total. The van der Waals surface area contributed by atoms with E-state index in [9.17, 15) is 10.1 Å². The first kappa shape index (κ1) is 14.6. The van der Waals surface area contributed by atoms with Crippen LogP contribution in [0, 0.1) is 10.1 Å². The zero-order valence-corrected chi connectivity index (χ0v) is 12.9. The van der Waals surface area contributed by atoms with Gasteiger partial charge in [-0.1, -0.05) is 23.1 Å². The minimum Gasteiger partial charge on any atom is -0.419 e. The van der Waals surface area contributed by atoms with Gasteiger partial charge in [0, 0.05) is 17.7 Å². The molecular formula is C12H9N5O3S2. The second-order valence-corrected chi connectivity index (χ2v) is 6.64. The van der Waals surface area contributed by atoms with Gasteiger partial charge in [0.05, 0.1) is 10.2 Å². The summed E-state index contributed by atoms with van der Waals surface area (Å²) in [7, 11) is 0. The molecule has 0 aliphatic heterocycles. The third kappa shape index (κ3) is 3.12. The van der Waals surface area contributed by atoms with E-state index in [2.05, 4.69) is 20.4 Å². The summed E-state index contributed by atoms with van der Waals surface area (Å²) in [4.78, 5) is 10.2. The van der Waals surface area contributed by atoms with Crippen molar-refractivity contribution >= 4 is 28.8 Å². The van der Waals surface area contributed by atoms with Gasteiger partial charge in [-0.25, -0.2) is 0 Å². The predicted molar refractivity (Wildman–Crippen MR) is 80.6 cm³/mol. The Morgan fingerprint density at radius 3 is 2.68 bits per heavy atom. The molecule has 22 heavy (non-hydrogen) atoms. The first-order valence-electron chi connectivity index (χ1n) is 6.14. The second-order valence-electron chi connectivity index (χ2n) is 4.21. The highest BCUT2D eigenvalue weighted by molar-refractivity contribution is 8.01. The van der Waals surface area contributed by atoms with E-state index in [1.165, 1.54) is 35.2 Å². The van der Waals surface area contributed by atoms with Crippen LogP contribution in [0.2, 0.25) is 0 Å². The summed E-state index contributed by atoms with van der Waals surface area (Å²) in [5.74, 6) is 0.795. The highest BCUT2D eigenvalue weighted by atomic mass is 32.2. The van der Waals surface area contributed by atoms with Crippen LogP contribution < -0.4 is 0 Å². The Morgan fingerprint density at radius 2 is 2.05 bits per heavy atom.